The zero-order valence-corrected chi connectivity index (χ0v) is 12.3. The van der Waals surface area contributed by atoms with Crippen molar-refractivity contribution >= 4 is 33.9 Å². The van der Waals surface area contributed by atoms with E-state index in [1.807, 2.05) is 30.3 Å². The molecule has 20 heavy (non-hydrogen) atoms. The van der Waals surface area contributed by atoms with Crippen LogP contribution in [0, 0.1) is 0 Å². The van der Waals surface area contributed by atoms with Crippen molar-refractivity contribution in [1.29, 1.82) is 0 Å². The molecular formula is C15H18N4S. The number of hydrogen-bond donors (Lipinski definition) is 2. The zero-order chi connectivity index (χ0) is 14.1. The number of rotatable bonds is 3. The van der Waals surface area contributed by atoms with Crippen molar-refractivity contribution in [1.82, 2.24) is 9.88 Å². The van der Waals surface area contributed by atoms with E-state index in [2.05, 4.69) is 22.2 Å². The Labute approximate surface area is 124 Å². The zero-order valence-electron chi connectivity index (χ0n) is 11.5. The minimum Gasteiger partial charge on any atom is -0.389 e. The Kier molecular flexibility index (Phi) is 3.54. The van der Waals surface area contributed by atoms with Gasteiger partial charge in [-0.3, -0.25) is 0 Å². The number of nitrogens with two attached hydrogens (primary N) is 1. The number of nitrogens with one attached hydrogen (secondary N) is 1. The van der Waals surface area contributed by atoms with Crippen molar-refractivity contribution in [2.24, 2.45) is 5.73 Å². The van der Waals surface area contributed by atoms with E-state index < -0.39 is 0 Å². The number of hydrogen-bond acceptors (Lipinski definition) is 4. The van der Waals surface area contributed by atoms with Crippen molar-refractivity contribution in [3.8, 4) is 0 Å². The highest BCUT2D eigenvalue weighted by Crippen LogP contribution is 2.22. The second-order valence-electron chi connectivity index (χ2n) is 5.33. The van der Waals surface area contributed by atoms with Gasteiger partial charge in [0.1, 0.15) is 10.8 Å². The summed E-state index contributed by atoms with van der Waals surface area (Å²) in [6.07, 6.45) is 1.11. The highest BCUT2D eigenvalue weighted by Gasteiger charge is 2.21. The Bertz CT molecular complexity index is 655. The predicted molar refractivity (Wildman–Crippen MR) is 87.2 cm³/mol. The van der Waals surface area contributed by atoms with Crippen LogP contribution in [-0.2, 0) is 0 Å². The van der Waals surface area contributed by atoms with Gasteiger partial charge in [0.05, 0.1) is 11.1 Å². The maximum absolute atomic E-state index is 5.85. The van der Waals surface area contributed by atoms with E-state index in [9.17, 15) is 0 Å². The summed E-state index contributed by atoms with van der Waals surface area (Å²) in [4.78, 5) is 7.38. The number of aromatic nitrogens is 1. The van der Waals surface area contributed by atoms with E-state index in [-0.39, 0.29) is 0 Å². The van der Waals surface area contributed by atoms with Crippen LogP contribution in [0.4, 0.5) is 5.82 Å². The van der Waals surface area contributed by atoms with Crippen molar-refractivity contribution in [3.63, 3.8) is 0 Å². The fraction of sp³-hybridized carbons (Fsp3) is 0.333. The van der Waals surface area contributed by atoms with Crippen LogP contribution in [0.2, 0.25) is 0 Å². The number of benzene rings is 1. The average Bonchev–Trinajstić information content (AvgIpc) is 2.83. The highest BCUT2D eigenvalue weighted by atomic mass is 32.1. The van der Waals surface area contributed by atoms with Gasteiger partial charge < -0.3 is 16.0 Å². The molecule has 0 spiro atoms. The molecule has 0 saturated carbocycles. The summed E-state index contributed by atoms with van der Waals surface area (Å²) in [5.41, 5.74) is 7.63. The SMILES string of the molecule is CN1CCC(Nc2nc3ccccc3cc2C(N)=S)C1. The van der Waals surface area contributed by atoms with Gasteiger partial charge in [-0.25, -0.2) is 4.98 Å². The standard InChI is InChI=1S/C15H18N4S/c1-19-7-6-11(9-19)17-15-12(14(16)20)8-10-4-2-3-5-13(10)18-15/h2-5,8,11H,6-7,9H2,1H3,(H2,16,20)(H,17,18). The second kappa shape index (κ2) is 5.34. The molecule has 4 nitrogen and oxygen atoms in total. The number of anilines is 1. The van der Waals surface area contributed by atoms with Gasteiger partial charge in [-0.15, -0.1) is 0 Å². The van der Waals surface area contributed by atoms with Gasteiger partial charge in [0, 0.05) is 18.0 Å². The molecule has 1 aliphatic heterocycles. The molecule has 1 unspecified atom stereocenters. The minimum atomic E-state index is 0.386. The summed E-state index contributed by atoms with van der Waals surface area (Å²) in [5, 5.41) is 4.55. The maximum Gasteiger partial charge on any atom is 0.137 e. The predicted octanol–water partition coefficient (Wildman–Crippen LogP) is 1.99. The Hall–Kier alpha value is -1.72. The van der Waals surface area contributed by atoms with E-state index in [0.717, 1.165) is 41.8 Å². The van der Waals surface area contributed by atoms with Gasteiger partial charge in [0.25, 0.3) is 0 Å². The number of fused-ring (bicyclic) bond motifs is 1. The molecule has 5 heteroatoms. The number of pyridine rings is 1. The fourth-order valence-electron chi connectivity index (χ4n) is 2.66. The molecule has 3 rings (SSSR count). The Morgan fingerprint density at radius 1 is 1.45 bits per heavy atom. The Morgan fingerprint density at radius 2 is 2.25 bits per heavy atom. The van der Waals surface area contributed by atoms with Crippen molar-refractivity contribution in [2.75, 3.05) is 25.5 Å². The quantitative estimate of drug-likeness (QED) is 0.845. The summed E-state index contributed by atoms with van der Waals surface area (Å²) in [6.45, 7) is 2.12. The minimum absolute atomic E-state index is 0.386. The van der Waals surface area contributed by atoms with Gasteiger partial charge in [0.15, 0.2) is 0 Å². The molecule has 1 aliphatic rings. The Balaban J connectivity index is 1.99. The largest absolute Gasteiger partial charge is 0.389 e. The van der Waals surface area contributed by atoms with Gasteiger partial charge in [0.2, 0.25) is 0 Å². The molecule has 0 aliphatic carbocycles. The topological polar surface area (TPSA) is 54.2 Å². The molecule has 1 aromatic heterocycles. The van der Waals surface area contributed by atoms with Gasteiger partial charge in [-0.05, 0) is 32.1 Å². The normalized spacial score (nSPS) is 19.4. The highest BCUT2D eigenvalue weighted by molar-refractivity contribution is 7.80. The van der Waals surface area contributed by atoms with Crippen LogP contribution in [0.15, 0.2) is 30.3 Å². The lowest BCUT2D eigenvalue weighted by Gasteiger charge is -2.17. The van der Waals surface area contributed by atoms with E-state index >= 15 is 0 Å². The number of nitrogens with zero attached hydrogens (tertiary/aromatic N) is 2. The number of thiocarbonyl (C=S) groups is 1. The lowest BCUT2D eigenvalue weighted by atomic mass is 10.1. The first kappa shape index (κ1) is 13.3. The first-order chi connectivity index (χ1) is 9.63. The summed E-state index contributed by atoms with van der Waals surface area (Å²) in [5.74, 6) is 0.802. The second-order valence-corrected chi connectivity index (χ2v) is 5.77. The van der Waals surface area contributed by atoms with Crippen LogP contribution >= 0.6 is 12.2 Å². The van der Waals surface area contributed by atoms with E-state index in [0.29, 0.717) is 11.0 Å². The van der Waals surface area contributed by atoms with Crippen LogP contribution in [0.1, 0.15) is 12.0 Å². The van der Waals surface area contributed by atoms with E-state index in [1.165, 1.54) is 0 Å². The smallest absolute Gasteiger partial charge is 0.137 e. The summed E-state index contributed by atoms with van der Waals surface area (Å²) >= 11 is 5.16. The van der Waals surface area contributed by atoms with Crippen LogP contribution in [-0.4, -0.2) is 41.1 Å². The molecular weight excluding hydrogens is 268 g/mol. The van der Waals surface area contributed by atoms with Gasteiger partial charge in [-0.1, -0.05) is 30.4 Å². The third-order valence-corrected chi connectivity index (χ3v) is 3.94. The summed E-state index contributed by atoms with van der Waals surface area (Å²) in [7, 11) is 2.13. The van der Waals surface area contributed by atoms with E-state index in [1.54, 1.807) is 0 Å². The van der Waals surface area contributed by atoms with Gasteiger partial charge in [-0.2, -0.15) is 0 Å². The lowest BCUT2D eigenvalue weighted by Crippen LogP contribution is -2.26. The van der Waals surface area contributed by atoms with Gasteiger partial charge >= 0.3 is 0 Å². The lowest BCUT2D eigenvalue weighted by molar-refractivity contribution is 0.414. The molecule has 1 aromatic carbocycles. The molecule has 1 saturated heterocycles. The van der Waals surface area contributed by atoms with Crippen LogP contribution in [0.3, 0.4) is 0 Å². The van der Waals surface area contributed by atoms with Crippen LogP contribution in [0.5, 0.6) is 0 Å². The summed E-state index contributed by atoms with van der Waals surface area (Å²) in [6, 6.07) is 10.4. The molecule has 1 atom stereocenters. The molecule has 0 radical (unpaired) electrons. The molecule has 104 valence electrons. The molecule has 2 heterocycles. The van der Waals surface area contributed by atoms with Crippen LogP contribution < -0.4 is 11.1 Å². The monoisotopic (exact) mass is 286 g/mol. The Morgan fingerprint density at radius 3 is 2.95 bits per heavy atom. The summed E-state index contributed by atoms with van der Waals surface area (Å²) < 4.78 is 0. The van der Waals surface area contributed by atoms with Crippen LogP contribution in [0.25, 0.3) is 10.9 Å². The molecule has 2 aromatic rings. The van der Waals surface area contributed by atoms with Crippen molar-refractivity contribution in [3.05, 3.63) is 35.9 Å². The average molecular weight is 286 g/mol. The first-order valence-corrected chi connectivity index (χ1v) is 7.19. The molecule has 0 bridgehead atoms. The number of para-hydroxylation sites is 1. The van der Waals surface area contributed by atoms with E-state index in [4.69, 9.17) is 18.0 Å². The number of likely N-dealkylation sites (tertiary alicyclic amines) is 1. The first-order valence-electron chi connectivity index (χ1n) is 6.78. The molecule has 0 amide bonds. The third-order valence-electron chi connectivity index (χ3n) is 3.72. The molecule has 1 fully saturated rings. The van der Waals surface area contributed by atoms with Crippen molar-refractivity contribution in [2.45, 2.75) is 12.5 Å². The maximum atomic E-state index is 5.85. The molecule has 3 N–H and O–H groups in total. The van der Waals surface area contributed by atoms with Crippen molar-refractivity contribution < 1.29 is 0 Å². The fourth-order valence-corrected chi connectivity index (χ4v) is 2.82. The third kappa shape index (κ3) is 2.59. The number of likely N-dealkylation sites (N-methyl/N-ethyl adjacent to an activating group) is 1.